The third-order valence-electron chi connectivity index (χ3n) is 5.30. The quantitative estimate of drug-likeness (QED) is 0.715. The van der Waals surface area contributed by atoms with Crippen molar-refractivity contribution in [1.29, 1.82) is 0 Å². The molecule has 1 unspecified atom stereocenters. The van der Waals surface area contributed by atoms with Crippen LogP contribution in [0.5, 0.6) is 0 Å². The average molecular weight is 337 g/mol. The molecule has 5 heteroatoms. The van der Waals surface area contributed by atoms with Gasteiger partial charge in [-0.3, -0.25) is 0 Å². The van der Waals surface area contributed by atoms with E-state index < -0.39 is 0 Å². The van der Waals surface area contributed by atoms with Gasteiger partial charge in [0.15, 0.2) is 0 Å². The molecule has 0 N–H and O–H groups in total. The van der Waals surface area contributed by atoms with Crippen molar-refractivity contribution in [2.75, 3.05) is 19.6 Å². The third kappa shape index (κ3) is 2.48. The molecular weight excluding hydrogens is 318 g/mol. The Balaban J connectivity index is 1.41. The van der Waals surface area contributed by atoms with E-state index in [2.05, 4.69) is 46.5 Å². The molecule has 2 bridgehead atoms. The van der Waals surface area contributed by atoms with Gasteiger partial charge < -0.3 is 9.42 Å². The largest absolute Gasteiger partial charge is 0.339 e. The molecule has 24 heavy (non-hydrogen) atoms. The summed E-state index contributed by atoms with van der Waals surface area (Å²) in [5.74, 6) is 2.69. The molecule has 0 spiro atoms. The van der Waals surface area contributed by atoms with Crippen molar-refractivity contribution in [3.05, 3.63) is 48.4 Å². The van der Waals surface area contributed by atoms with E-state index in [0.29, 0.717) is 11.8 Å². The molecule has 0 radical (unpaired) electrons. The van der Waals surface area contributed by atoms with Crippen LogP contribution in [-0.2, 0) is 0 Å². The summed E-state index contributed by atoms with van der Waals surface area (Å²) in [4.78, 5) is 9.57. The van der Waals surface area contributed by atoms with Crippen LogP contribution in [0.25, 0.3) is 21.1 Å². The second-order valence-corrected chi connectivity index (χ2v) is 7.81. The number of aromatic nitrogens is 2. The number of rotatable bonds is 3. The van der Waals surface area contributed by atoms with E-state index in [1.54, 1.807) is 11.3 Å². The fourth-order valence-corrected chi connectivity index (χ4v) is 4.88. The van der Waals surface area contributed by atoms with Gasteiger partial charge >= 0.3 is 0 Å². The van der Waals surface area contributed by atoms with Crippen molar-refractivity contribution in [1.82, 2.24) is 15.0 Å². The van der Waals surface area contributed by atoms with Crippen LogP contribution < -0.4 is 0 Å². The minimum atomic E-state index is 0.419. The summed E-state index contributed by atoms with van der Waals surface area (Å²) in [6.07, 6.45) is 2.53. The fraction of sp³-hybridized carbons (Fsp3) is 0.368. The Morgan fingerprint density at radius 1 is 1.00 bits per heavy atom. The first kappa shape index (κ1) is 14.4. The van der Waals surface area contributed by atoms with E-state index in [-0.39, 0.29) is 0 Å². The Kier molecular flexibility index (Phi) is 3.49. The minimum Gasteiger partial charge on any atom is -0.339 e. The summed E-state index contributed by atoms with van der Waals surface area (Å²) in [5, 5.41) is 4.26. The minimum absolute atomic E-state index is 0.419. The number of hydrogen-bond donors (Lipinski definition) is 0. The first-order valence-corrected chi connectivity index (χ1v) is 9.40. The molecule has 5 heterocycles. The van der Waals surface area contributed by atoms with Gasteiger partial charge in [-0.15, -0.1) is 11.3 Å². The fourth-order valence-electron chi connectivity index (χ4n) is 3.95. The van der Waals surface area contributed by atoms with Crippen molar-refractivity contribution >= 4 is 11.3 Å². The molecule has 3 aromatic rings. The Morgan fingerprint density at radius 3 is 2.54 bits per heavy atom. The Labute approximate surface area is 145 Å². The number of nitrogens with zero attached hydrogens (tertiary/aromatic N) is 3. The predicted molar refractivity (Wildman–Crippen MR) is 95.0 cm³/mol. The number of thiophene rings is 1. The second-order valence-electron chi connectivity index (χ2n) is 6.73. The molecule has 3 aliphatic rings. The van der Waals surface area contributed by atoms with Crippen LogP contribution >= 0.6 is 11.3 Å². The second kappa shape index (κ2) is 5.83. The Hall–Kier alpha value is -1.98. The summed E-state index contributed by atoms with van der Waals surface area (Å²) in [6, 6.07) is 14.7. The van der Waals surface area contributed by atoms with E-state index >= 15 is 0 Å². The molecule has 3 saturated heterocycles. The van der Waals surface area contributed by atoms with Crippen LogP contribution in [0.15, 0.2) is 47.0 Å². The first-order valence-electron chi connectivity index (χ1n) is 8.58. The number of fused-ring (bicyclic) bond motifs is 3. The molecule has 3 fully saturated rings. The normalized spacial score (nSPS) is 25.9. The van der Waals surface area contributed by atoms with Gasteiger partial charge in [-0.1, -0.05) is 35.5 Å². The van der Waals surface area contributed by atoms with E-state index in [1.165, 1.54) is 36.4 Å². The van der Waals surface area contributed by atoms with Gasteiger partial charge in [-0.05, 0) is 49.5 Å². The molecule has 1 aromatic carbocycles. The summed E-state index contributed by atoms with van der Waals surface area (Å²) in [6.45, 7) is 3.53. The monoisotopic (exact) mass is 337 g/mol. The summed E-state index contributed by atoms with van der Waals surface area (Å²) in [7, 11) is 0. The van der Waals surface area contributed by atoms with Gasteiger partial charge in [0.05, 0.1) is 10.8 Å². The maximum atomic E-state index is 5.65. The van der Waals surface area contributed by atoms with E-state index in [4.69, 9.17) is 9.51 Å². The third-order valence-corrected chi connectivity index (χ3v) is 6.43. The van der Waals surface area contributed by atoms with Gasteiger partial charge in [0.25, 0.3) is 0 Å². The maximum absolute atomic E-state index is 5.65. The molecule has 6 rings (SSSR count). The Bertz CT molecular complexity index is 833. The van der Waals surface area contributed by atoms with Crippen LogP contribution in [0.1, 0.15) is 24.7 Å². The van der Waals surface area contributed by atoms with Crippen molar-refractivity contribution in [2.24, 2.45) is 5.92 Å². The van der Waals surface area contributed by atoms with E-state index in [1.807, 2.05) is 6.07 Å². The molecule has 2 aromatic heterocycles. The molecule has 0 saturated carbocycles. The number of hydrogen-bond acceptors (Lipinski definition) is 5. The van der Waals surface area contributed by atoms with Crippen LogP contribution in [0.4, 0.5) is 0 Å². The zero-order valence-electron chi connectivity index (χ0n) is 13.4. The van der Waals surface area contributed by atoms with Gasteiger partial charge in [0.1, 0.15) is 0 Å². The lowest BCUT2D eigenvalue weighted by molar-refractivity contribution is 0.0727. The molecule has 4 nitrogen and oxygen atoms in total. The maximum Gasteiger partial charge on any atom is 0.231 e. The lowest BCUT2D eigenvalue weighted by atomic mass is 9.79. The highest BCUT2D eigenvalue weighted by molar-refractivity contribution is 7.18. The highest BCUT2D eigenvalue weighted by Gasteiger charge is 2.38. The zero-order valence-corrected chi connectivity index (χ0v) is 14.2. The zero-order chi connectivity index (χ0) is 15.9. The van der Waals surface area contributed by atoms with E-state index in [9.17, 15) is 0 Å². The summed E-state index contributed by atoms with van der Waals surface area (Å²) < 4.78 is 5.65. The lowest BCUT2D eigenvalue weighted by Crippen LogP contribution is -2.46. The van der Waals surface area contributed by atoms with Crippen molar-refractivity contribution in [2.45, 2.75) is 18.8 Å². The summed E-state index contributed by atoms with van der Waals surface area (Å²) in [5.41, 5.74) is 1.23. The topological polar surface area (TPSA) is 42.2 Å². The predicted octanol–water partition coefficient (Wildman–Crippen LogP) is 4.27. The number of piperidine rings is 3. The molecule has 0 amide bonds. The first-order chi connectivity index (χ1) is 11.9. The van der Waals surface area contributed by atoms with Gasteiger partial charge in [-0.2, -0.15) is 4.98 Å². The summed E-state index contributed by atoms with van der Waals surface area (Å²) >= 11 is 1.72. The molecule has 1 atom stereocenters. The highest BCUT2D eigenvalue weighted by Crippen LogP contribution is 2.39. The van der Waals surface area contributed by atoms with Gasteiger partial charge in [0, 0.05) is 11.4 Å². The Morgan fingerprint density at radius 2 is 1.79 bits per heavy atom. The van der Waals surface area contributed by atoms with Crippen molar-refractivity contribution in [3.63, 3.8) is 0 Å². The van der Waals surface area contributed by atoms with Crippen LogP contribution in [-0.4, -0.2) is 34.7 Å². The van der Waals surface area contributed by atoms with Crippen molar-refractivity contribution < 1.29 is 4.52 Å². The van der Waals surface area contributed by atoms with Crippen LogP contribution in [0.2, 0.25) is 0 Å². The van der Waals surface area contributed by atoms with Crippen LogP contribution in [0, 0.1) is 5.92 Å². The highest BCUT2D eigenvalue weighted by atomic mass is 32.1. The van der Waals surface area contributed by atoms with E-state index in [0.717, 1.165) is 23.1 Å². The molecule has 0 aliphatic carbocycles. The average Bonchev–Trinajstić information content (AvgIpc) is 3.33. The molecular formula is C19H19N3OS. The molecule has 3 aliphatic heterocycles. The van der Waals surface area contributed by atoms with Crippen molar-refractivity contribution in [3.8, 4) is 21.1 Å². The SMILES string of the molecule is c1ccc(-c2ccc(-c3noc(C4CN5CCC4CC5)n3)s2)cc1. The van der Waals surface area contributed by atoms with Gasteiger partial charge in [0.2, 0.25) is 11.7 Å². The van der Waals surface area contributed by atoms with Crippen LogP contribution in [0.3, 0.4) is 0 Å². The molecule has 122 valence electrons. The number of benzene rings is 1. The standard InChI is InChI=1S/C19H19N3OS/c1-2-4-14(5-3-1)16-6-7-17(24-16)18-20-19(23-21-18)15-12-22-10-8-13(15)9-11-22/h1-7,13,15H,8-12H2. The lowest BCUT2D eigenvalue weighted by Gasteiger charge is -2.43. The van der Waals surface area contributed by atoms with Gasteiger partial charge in [-0.25, -0.2) is 0 Å². The smallest absolute Gasteiger partial charge is 0.231 e.